The summed E-state index contributed by atoms with van der Waals surface area (Å²) >= 11 is 13.1. The van der Waals surface area contributed by atoms with Gasteiger partial charge in [0.25, 0.3) is 0 Å². The maximum atomic E-state index is 10.2. The van der Waals surface area contributed by atoms with Gasteiger partial charge in [0.2, 0.25) is 11.5 Å². The van der Waals surface area contributed by atoms with Gasteiger partial charge >= 0.3 is 0 Å². The minimum atomic E-state index is -0.0288. The van der Waals surface area contributed by atoms with Gasteiger partial charge in [-0.2, -0.15) is 0 Å². The highest BCUT2D eigenvalue weighted by Crippen LogP contribution is 2.48. The predicted molar refractivity (Wildman–Crippen MR) is 126 cm³/mol. The number of hydrogen-bond donors (Lipinski definition) is 1. The molecular weight excluding hydrogens is 483 g/mol. The van der Waals surface area contributed by atoms with E-state index >= 15 is 0 Å². The number of halogens is 2. The Morgan fingerprint density at radius 2 is 1.53 bits per heavy atom. The second kappa shape index (κ2) is 8.45. The Morgan fingerprint density at radius 1 is 0.853 bits per heavy atom. The molecule has 4 heterocycles. The summed E-state index contributed by atoms with van der Waals surface area (Å²) in [5.74, 6) is 2.21. The van der Waals surface area contributed by atoms with E-state index in [-0.39, 0.29) is 11.5 Å². The van der Waals surface area contributed by atoms with E-state index in [1.165, 1.54) is 6.07 Å². The van der Waals surface area contributed by atoms with Gasteiger partial charge in [0, 0.05) is 30.9 Å². The maximum Gasteiger partial charge on any atom is 0.204 e. The van der Waals surface area contributed by atoms with Crippen molar-refractivity contribution in [2.75, 3.05) is 33.0 Å². The zero-order valence-corrected chi connectivity index (χ0v) is 19.3. The van der Waals surface area contributed by atoms with Gasteiger partial charge in [-0.25, -0.2) is 0 Å². The van der Waals surface area contributed by atoms with Crippen molar-refractivity contribution < 1.29 is 28.8 Å². The van der Waals surface area contributed by atoms with E-state index in [0.29, 0.717) is 94.3 Å². The van der Waals surface area contributed by atoms with Gasteiger partial charge < -0.3 is 28.8 Å². The van der Waals surface area contributed by atoms with E-state index in [1.807, 2.05) is 0 Å². The molecule has 2 aromatic heterocycles. The first-order valence-corrected chi connectivity index (χ1v) is 11.5. The van der Waals surface area contributed by atoms with Gasteiger partial charge in [-0.15, -0.1) is 0 Å². The number of aromatic hydroxyl groups is 1. The second-order valence-electron chi connectivity index (χ2n) is 7.76. The van der Waals surface area contributed by atoms with Gasteiger partial charge in [0.15, 0.2) is 23.0 Å². The standard InChI is InChI=1S/C24H18Cl2N2O6/c25-13-1-3-27-15-10-17(22-23(18(13)15)33-8-6-32-22)30-4-2-12-11-28-14-9-16(29)21-24(19(14)20(12)26)34-7-5-31-21/h1,3,9-11,29H,2,4-8H2. The van der Waals surface area contributed by atoms with Crippen molar-refractivity contribution in [3.8, 4) is 34.5 Å². The summed E-state index contributed by atoms with van der Waals surface area (Å²) in [7, 11) is 0. The lowest BCUT2D eigenvalue weighted by Crippen LogP contribution is -2.17. The fourth-order valence-corrected chi connectivity index (χ4v) is 4.74. The molecule has 0 bridgehead atoms. The zero-order chi connectivity index (χ0) is 23.2. The van der Waals surface area contributed by atoms with E-state index in [2.05, 4.69) is 9.97 Å². The van der Waals surface area contributed by atoms with Crippen molar-refractivity contribution in [1.29, 1.82) is 0 Å². The second-order valence-corrected chi connectivity index (χ2v) is 8.54. The zero-order valence-electron chi connectivity index (χ0n) is 17.8. The molecule has 2 aliphatic rings. The normalized spacial score (nSPS) is 14.4. The van der Waals surface area contributed by atoms with E-state index in [1.54, 1.807) is 24.5 Å². The number of phenols is 1. The molecule has 174 valence electrons. The predicted octanol–water partition coefficient (Wildman–Crippen LogP) is 4.96. The summed E-state index contributed by atoms with van der Waals surface area (Å²) in [5.41, 5.74) is 1.94. The minimum absolute atomic E-state index is 0.0288. The van der Waals surface area contributed by atoms with Crippen LogP contribution in [-0.2, 0) is 6.42 Å². The molecular formula is C24H18Cl2N2O6. The first kappa shape index (κ1) is 21.2. The number of phenolic OH excluding ortho intramolecular Hbond substituents is 1. The van der Waals surface area contributed by atoms with Crippen molar-refractivity contribution in [3.63, 3.8) is 0 Å². The van der Waals surface area contributed by atoms with Crippen molar-refractivity contribution in [1.82, 2.24) is 9.97 Å². The summed E-state index contributed by atoms with van der Waals surface area (Å²) in [4.78, 5) is 8.85. The highest BCUT2D eigenvalue weighted by atomic mass is 35.5. The average molecular weight is 501 g/mol. The lowest BCUT2D eigenvalue weighted by atomic mass is 10.1. The third kappa shape index (κ3) is 3.45. The van der Waals surface area contributed by atoms with Crippen LogP contribution < -0.4 is 23.7 Å². The van der Waals surface area contributed by atoms with E-state index in [9.17, 15) is 5.11 Å². The van der Waals surface area contributed by atoms with Crippen LogP contribution in [0.2, 0.25) is 10.0 Å². The number of aromatic nitrogens is 2. The van der Waals surface area contributed by atoms with Gasteiger partial charge in [0.05, 0.1) is 38.5 Å². The minimum Gasteiger partial charge on any atom is -0.504 e. The molecule has 0 saturated heterocycles. The monoisotopic (exact) mass is 500 g/mol. The average Bonchev–Trinajstić information content (AvgIpc) is 2.85. The molecule has 6 rings (SSSR count). The molecule has 0 spiro atoms. The third-order valence-corrected chi connectivity index (χ3v) is 6.44. The first-order chi connectivity index (χ1) is 16.6. The molecule has 0 atom stereocenters. The molecule has 0 saturated carbocycles. The molecule has 0 fully saturated rings. The Bertz CT molecular complexity index is 1450. The SMILES string of the molecule is Oc1cc2ncc(CCOc3cc4nccc(Cl)c4c4c3OCCO4)c(Cl)c2c2c1OCCO2. The summed E-state index contributed by atoms with van der Waals surface area (Å²) in [6, 6.07) is 5.02. The van der Waals surface area contributed by atoms with Gasteiger partial charge in [-0.05, 0) is 11.6 Å². The molecule has 1 N–H and O–H groups in total. The lowest BCUT2D eigenvalue weighted by Gasteiger charge is -2.23. The van der Waals surface area contributed by atoms with Crippen molar-refractivity contribution in [2.45, 2.75) is 6.42 Å². The molecule has 2 aliphatic heterocycles. The third-order valence-electron chi connectivity index (χ3n) is 5.69. The number of fused-ring (bicyclic) bond motifs is 6. The van der Waals surface area contributed by atoms with Gasteiger partial charge in [-0.3, -0.25) is 9.97 Å². The van der Waals surface area contributed by atoms with E-state index in [4.69, 9.17) is 46.9 Å². The molecule has 0 aliphatic carbocycles. The number of pyridine rings is 2. The Morgan fingerprint density at radius 3 is 2.32 bits per heavy atom. The number of hydrogen-bond acceptors (Lipinski definition) is 8. The molecule has 0 unspecified atom stereocenters. The van der Waals surface area contributed by atoms with Crippen LogP contribution in [0.5, 0.6) is 34.5 Å². The smallest absolute Gasteiger partial charge is 0.204 e. The van der Waals surface area contributed by atoms with E-state index in [0.717, 1.165) is 5.56 Å². The largest absolute Gasteiger partial charge is 0.504 e. The fourth-order valence-electron chi connectivity index (χ4n) is 4.17. The van der Waals surface area contributed by atoms with Crippen LogP contribution >= 0.6 is 23.2 Å². The summed E-state index contributed by atoms with van der Waals surface area (Å²) < 4.78 is 29.1. The van der Waals surface area contributed by atoms with Crippen LogP contribution in [0.1, 0.15) is 5.56 Å². The number of ether oxygens (including phenoxy) is 5. The first-order valence-electron chi connectivity index (χ1n) is 10.7. The highest BCUT2D eigenvalue weighted by Gasteiger charge is 2.25. The van der Waals surface area contributed by atoms with Crippen LogP contribution in [0.3, 0.4) is 0 Å². The van der Waals surface area contributed by atoms with Crippen molar-refractivity contribution in [2.24, 2.45) is 0 Å². The number of benzene rings is 2. The molecule has 34 heavy (non-hydrogen) atoms. The molecule has 0 amide bonds. The molecule has 4 aromatic rings. The number of nitrogens with zero attached hydrogens (tertiary/aromatic N) is 2. The number of rotatable bonds is 4. The molecule has 0 radical (unpaired) electrons. The van der Waals surface area contributed by atoms with Crippen molar-refractivity contribution in [3.05, 3.63) is 46.2 Å². The molecule has 10 heteroatoms. The maximum absolute atomic E-state index is 10.2. The molecule has 8 nitrogen and oxygen atoms in total. The van der Waals surface area contributed by atoms with Gasteiger partial charge in [0.1, 0.15) is 26.4 Å². The summed E-state index contributed by atoms with van der Waals surface area (Å²) in [5, 5.41) is 12.5. The van der Waals surface area contributed by atoms with Crippen molar-refractivity contribution >= 4 is 45.0 Å². The van der Waals surface area contributed by atoms with Gasteiger partial charge in [-0.1, -0.05) is 23.2 Å². The van der Waals surface area contributed by atoms with Crippen LogP contribution in [0.25, 0.3) is 21.8 Å². The lowest BCUT2D eigenvalue weighted by molar-refractivity contribution is 0.164. The fraction of sp³-hybridized carbons (Fsp3) is 0.250. The van der Waals surface area contributed by atoms with Crippen LogP contribution in [0, 0.1) is 0 Å². The van der Waals surface area contributed by atoms with Crippen LogP contribution in [0.4, 0.5) is 0 Å². The summed E-state index contributed by atoms with van der Waals surface area (Å²) in [6.07, 6.45) is 3.77. The highest BCUT2D eigenvalue weighted by molar-refractivity contribution is 6.37. The van der Waals surface area contributed by atoms with Crippen LogP contribution in [-0.4, -0.2) is 48.1 Å². The molecule has 2 aromatic carbocycles. The quantitative estimate of drug-likeness (QED) is 0.420. The Hall–Kier alpha value is -3.36. The van der Waals surface area contributed by atoms with Crippen LogP contribution in [0.15, 0.2) is 30.6 Å². The Balaban J connectivity index is 1.31. The Labute approximate surface area is 203 Å². The topological polar surface area (TPSA) is 92.2 Å². The summed E-state index contributed by atoms with van der Waals surface area (Å²) in [6.45, 7) is 1.84. The van der Waals surface area contributed by atoms with E-state index < -0.39 is 0 Å². The Kier molecular flexibility index (Phi) is 5.27.